The molecule has 3 heterocycles. The zero-order valence-corrected chi connectivity index (χ0v) is 15.4. The van der Waals surface area contributed by atoms with E-state index in [4.69, 9.17) is 9.47 Å². The van der Waals surface area contributed by atoms with Crippen LogP contribution >= 0.6 is 0 Å². The summed E-state index contributed by atoms with van der Waals surface area (Å²) >= 11 is 0. The fourth-order valence-electron chi connectivity index (χ4n) is 4.33. The van der Waals surface area contributed by atoms with Crippen LogP contribution in [-0.4, -0.2) is 27.4 Å². The largest absolute Gasteiger partial charge is 0.374 e. The van der Waals surface area contributed by atoms with E-state index in [2.05, 4.69) is 10.1 Å². The van der Waals surface area contributed by atoms with Crippen LogP contribution in [-0.2, 0) is 21.9 Å². The van der Waals surface area contributed by atoms with Gasteiger partial charge in [-0.15, -0.1) is 4.52 Å². The van der Waals surface area contributed by atoms with E-state index in [9.17, 15) is 5.11 Å². The quantitative estimate of drug-likeness (QED) is 0.753. The predicted octanol–water partition coefficient (Wildman–Crippen LogP) is 2.39. The number of fused-ring (bicyclic) bond motifs is 1. The van der Waals surface area contributed by atoms with E-state index >= 15 is 0 Å². The highest BCUT2D eigenvalue weighted by Crippen LogP contribution is 2.66. The molecule has 5 rings (SSSR count). The maximum atomic E-state index is 11.6. The van der Waals surface area contributed by atoms with Crippen molar-refractivity contribution in [2.24, 2.45) is 5.41 Å². The molecule has 0 amide bonds. The second-order valence-corrected chi connectivity index (χ2v) is 7.80. The minimum absolute atomic E-state index is 0.122. The van der Waals surface area contributed by atoms with Crippen molar-refractivity contribution in [3.05, 3.63) is 65.7 Å². The zero-order valence-electron chi connectivity index (χ0n) is 15.4. The molecule has 140 valence electrons. The highest BCUT2D eigenvalue weighted by Gasteiger charge is 2.68. The van der Waals surface area contributed by atoms with Crippen molar-refractivity contribution in [1.82, 2.24) is 9.61 Å². The second-order valence-electron chi connectivity index (χ2n) is 7.80. The summed E-state index contributed by atoms with van der Waals surface area (Å²) in [7, 11) is 0. The highest BCUT2D eigenvalue weighted by molar-refractivity contribution is 5.51. The zero-order chi connectivity index (χ0) is 18.5. The summed E-state index contributed by atoms with van der Waals surface area (Å²) in [6.45, 7) is 3.02. The van der Waals surface area contributed by atoms with E-state index in [-0.39, 0.29) is 11.5 Å². The van der Waals surface area contributed by atoms with Crippen molar-refractivity contribution in [2.45, 2.75) is 44.7 Å². The van der Waals surface area contributed by atoms with Crippen LogP contribution in [0.1, 0.15) is 36.2 Å². The van der Waals surface area contributed by atoms with Gasteiger partial charge < -0.3 is 14.6 Å². The van der Waals surface area contributed by atoms with Gasteiger partial charge in [0.15, 0.2) is 0 Å². The van der Waals surface area contributed by atoms with Crippen LogP contribution in [0.4, 0.5) is 0 Å². The first-order valence-electron chi connectivity index (χ1n) is 9.49. The molecule has 27 heavy (non-hydrogen) atoms. The van der Waals surface area contributed by atoms with E-state index in [1.54, 1.807) is 10.8 Å². The molecular formula is C21H24N3O3+. The fourth-order valence-corrected chi connectivity index (χ4v) is 4.33. The topological polar surface area (TPSA) is 70.1 Å². The highest BCUT2D eigenvalue weighted by atomic mass is 16.7. The van der Waals surface area contributed by atoms with Gasteiger partial charge in [-0.3, -0.25) is 0 Å². The third-order valence-corrected chi connectivity index (χ3v) is 5.98. The third-order valence-electron chi connectivity index (χ3n) is 5.98. The molecule has 6 nitrogen and oxygen atoms in total. The number of hydrogen-bond acceptors (Lipinski definition) is 4. The van der Waals surface area contributed by atoms with Crippen LogP contribution in [0.2, 0.25) is 0 Å². The Labute approximate surface area is 157 Å². The summed E-state index contributed by atoms with van der Waals surface area (Å²) in [4.78, 5) is 3.10. The Kier molecular flexibility index (Phi) is 3.82. The number of rotatable bonds is 5. The number of nitrogens with zero attached hydrogens (tertiary/aromatic N) is 2. The summed E-state index contributed by atoms with van der Waals surface area (Å²) < 4.78 is 13.9. The van der Waals surface area contributed by atoms with Crippen molar-refractivity contribution in [1.29, 1.82) is 0 Å². The summed E-state index contributed by atoms with van der Waals surface area (Å²) in [6.07, 6.45) is 4.25. The normalized spacial score (nSPS) is 26.1. The van der Waals surface area contributed by atoms with E-state index in [1.807, 2.05) is 49.4 Å². The number of aromatic nitrogens is 3. The molecule has 2 fully saturated rings. The number of aromatic amines is 1. The number of ether oxygens (including phenoxy) is 2. The smallest absolute Gasteiger partial charge is 0.310 e. The molecule has 1 aliphatic carbocycles. The number of aliphatic hydroxyl groups is 1. The maximum absolute atomic E-state index is 11.6. The van der Waals surface area contributed by atoms with Gasteiger partial charge in [-0.2, -0.15) is 0 Å². The molecule has 1 unspecified atom stereocenters. The lowest BCUT2D eigenvalue weighted by atomic mass is 9.90. The predicted molar refractivity (Wildman–Crippen MR) is 97.6 cm³/mol. The molecule has 2 aromatic heterocycles. The molecule has 1 saturated heterocycles. The Morgan fingerprint density at radius 1 is 1.26 bits per heavy atom. The van der Waals surface area contributed by atoms with Gasteiger partial charge in [0, 0.05) is 5.41 Å². The Hall–Kier alpha value is -2.28. The molecule has 2 N–H and O–H groups in total. The minimum Gasteiger partial charge on any atom is -0.374 e. The second kappa shape index (κ2) is 6.12. The summed E-state index contributed by atoms with van der Waals surface area (Å²) in [5.74, 6) is -1.32. The molecule has 2 aliphatic rings. The molecule has 0 radical (unpaired) electrons. The minimum atomic E-state index is -1.32. The average molecular weight is 366 g/mol. The monoisotopic (exact) mass is 366 g/mol. The van der Waals surface area contributed by atoms with Gasteiger partial charge in [-0.1, -0.05) is 30.3 Å². The van der Waals surface area contributed by atoms with E-state index in [0.29, 0.717) is 18.9 Å². The van der Waals surface area contributed by atoms with Gasteiger partial charge in [-0.25, -0.2) is 4.98 Å². The standard InChI is InChI=1S/C21H23N3O3/c1-15-18-7-8-19(24(18)23-14-22-15)21(25)20(9-10-20)11-17(27-21)13-26-12-16-5-3-2-4-6-16/h2-8,14,17,25H,9-13H2,1H3/p+1/t17-,21?/m0/s1. The van der Waals surface area contributed by atoms with Gasteiger partial charge >= 0.3 is 6.33 Å². The first-order valence-corrected chi connectivity index (χ1v) is 9.49. The summed E-state index contributed by atoms with van der Waals surface area (Å²) in [6, 6.07) is 14.0. The average Bonchev–Trinajstić information content (AvgIpc) is 3.22. The SMILES string of the molecule is Cc1[nH+]cnn2c(C3(O)O[C@H](COCc4ccccc4)CC34CC4)ccc12. The molecule has 0 bridgehead atoms. The van der Waals surface area contributed by atoms with Gasteiger partial charge in [0.25, 0.3) is 0 Å². The molecule has 6 heteroatoms. The molecular weight excluding hydrogens is 342 g/mol. The lowest BCUT2D eigenvalue weighted by Gasteiger charge is -2.27. The summed E-state index contributed by atoms with van der Waals surface area (Å²) in [5.41, 5.74) is 3.57. The van der Waals surface area contributed by atoms with Crippen LogP contribution in [0.3, 0.4) is 0 Å². The molecule has 1 aromatic carbocycles. The Morgan fingerprint density at radius 2 is 2.07 bits per heavy atom. The van der Waals surface area contributed by atoms with E-state index < -0.39 is 5.79 Å². The number of benzene rings is 1. The lowest BCUT2D eigenvalue weighted by Crippen LogP contribution is -2.36. The number of H-pyrrole nitrogens is 1. The number of hydrogen-bond donors (Lipinski definition) is 1. The molecule has 1 saturated carbocycles. The van der Waals surface area contributed by atoms with Crippen LogP contribution < -0.4 is 4.98 Å². The Morgan fingerprint density at radius 3 is 2.85 bits per heavy atom. The van der Waals surface area contributed by atoms with Gasteiger partial charge in [0.2, 0.25) is 5.79 Å². The van der Waals surface area contributed by atoms with Crippen molar-refractivity contribution < 1.29 is 19.6 Å². The van der Waals surface area contributed by atoms with Crippen LogP contribution in [0.25, 0.3) is 5.52 Å². The number of nitrogens with one attached hydrogen (secondary N) is 1. The van der Waals surface area contributed by atoms with Crippen LogP contribution in [0, 0.1) is 12.3 Å². The van der Waals surface area contributed by atoms with Gasteiger partial charge in [0.1, 0.15) is 16.9 Å². The molecule has 3 aromatic rings. The number of aryl methyl sites for hydroxylation is 1. The van der Waals surface area contributed by atoms with Crippen molar-refractivity contribution in [3.63, 3.8) is 0 Å². The maximum Gasteiger partial charge on any atom is 0.310 e. The van der Waals surface area contributed by atoms with Crippen molar-refractivity contribution >= 4 is 5.52 Å². The van der Waals surface area contributed by atoms with Crippen LogP contribution in [0.15, 0.2) is 48.8 Å². The molecule has 2 atom stereocenters. The molecule has 1 spiro atoms. The van der Waals surface area contributed by atoms with Crippen molar-refractivity contribution in [3.8, 4) is 0 Å². The van der Waals surface area contributed by atoms with E-state index in [1.165, 1.54) is 0 Å². The van der Waals surface area contributed by atoms with E-state index in [0.717, 1.165) is 36.0 Å². The Bertz CT molecular complexity index is 967. The molecule has 1 aliphatic heterocycles. The van der Waals surface area contributed by atoms with Gasteiger partial charge in [0.05, 0.1) is 24.4 Å². The Balaban J connectivity index is 1.36. The first-order chi connectivity index (χ1) is 13.1. The lowest BCUT2D eigenvalue weighted by molar-refractivity contribution is -0.391. The van der Waals surface area contributed by atoms with Gasteiger partial charge in [-0.05, 0) is 43.9 Å². The fraction of sp³-hybridized carbons (Fsp3) is 0.429. The first kappa shape index (κ1) is 16.9. The van der Waals surface area contributed by atoms with Crippen molar-refractivity contribution in [2.75, 3.05) is 6.61 Å². The third kappa shape index (κ3) is 2.67. The van der Waals surface area contributed by atoms with Crippen LogP contribution in [0.5, 0.6) is 0 Å². The summed E-state index contributed by atoms with van der Waals surface area (Å²) in [5, 5.41) is 16.0.